The molecule has 0 aromatic heterocycles. The number of carbonyl (C=O) groups is 1. The maximum Gasteiger partial charge on any atom is 0.270 e. The molecule has 0 N–H and O–H groups in total. The van der Waals surface area contributed by atoms with E-state index in [9.17, 15) is 14.9 Å². The van der Waals surface area contributed by atoms with Gasteiger partial charge in [-0.15, -0.1) is 0 Å². The Morgan fingerprint density at radius 3 is 2.78 bits per heavy atom. The standard InChI is InChI=1S/C16H14N2O5/c1-17(9-11-5-6-14-15(7-11)23-10-22-14)16(19)12-3-2-4-13(8-12)18(20)21/h2-8H,9-10H2,1H3. The molecule has 0 radical (unpaired) electrons. The van der Waals surface area contributed by atoms with Crippen molar-refractivity contribution in [1.82, 2.24) is 4.90 Å². The zero-order chi connectivity index (χ0) is 16.4. The number of fused-ring (bicyclic) bond motifs is 1. The van der Waals surface area contributed by atoms with Crippen LogP contribution in [-0.2, 0) is 6.54 Å². The highest BCUT2D eigenvalue weighted by atomic mass is 16.7. The highest BCUT2D eigenvalue weighted by Crippen LogP contribution is 2.32. The second-order valence-corrected chi connectivity index (χ2v) is 5.16. The lowest BCUT2D eigenvalue weighted by Crippen LogP contribution is -2.26. The molecule has 2 aromatic rings. The Morgan fingerprint density at radius 2 is 2.00 bits per heavy atom. The van der Waals surface area contributed by atoms with Crippen LogP contribution in [0.5, 0.6) is 11.5 Å². The van der Waals surface area contributed by atoms with Crippen molar-refractivity contribution in [2.24, 2.45) is 0 Å². The van der Waals surface area contributed by atoms with Crippen LogP contribution < -0.4 is 9.47 Å². The van der Waals surface area contributed by atoms with Crippen LogP contribution in [0, 0.1) is 10.1 Å². The molecular formula is C16H14N2O5. The van der Waals surface area contributed by atoms with Crippen molar-refractivity contribution >= 4 is 11.6 Å². The summed E-state index contributed by atoms with van der Waals surface area (Å²) in [7, 11) is 1.64. The molecule has 0 bridgehead atoms. The maximum absolute atomic E-state index is 12.4. The van der Waals surface area contributed by atoms with Crippen LogP contribution in [0.3, 0.4) is 0 Å². The first-order valence-electron chi connectivity index (χ1n) is 6.93. The van der Waals surface area contributed by atoms with E-state index in [1.54, 1.807) is 19.2 Å². The van der Waals surface area contributed by atoms with Crippen LogP contribution in [0.1, 0.15) is 15.9 Å². The van der Waals surface area contributed by atoms with Gasteiger partial charge in [0.05, 0.1) is 4.92 Å². The zero-order valence-electron chi connectivity index (χ0n) is 12.4. The Bertz CT molecular complexity index is 775. The molecule has 7 heteroatoms. The molecule has 3 rings (SSSR count). The Morgan fingerprint density at radius 1 is 1.22 bits per heavy atom. The number of benzene rings is 2. The fourth-order valence-electron chi connectivity index (χ4n) is 2.36. The summed E-state index contributed by atoms with van der Waals surface area (Å²) in [5.74, 6) is 1.05. The average molecular weight is 314 g/mol. The van der Waals surface area contributed by atoms with E-state index < -0.39 is 4.92 Å². The van der Waals surface area contributed by atoms with Crippen molar-refractivity contribution in [3.63, 3.8) is 0 Å². The van der Waals surface area contributed by atoms with Crippen LogP contribution in [0.2, 0.25) is 0 Å². The Kier molecular flexibility index (Phi) is 3.84. The molecular weight excluding hydrogens is 300 g/mol. The lowest BCUT2D eigenvalue weighted by Gasteiger charge is -2.17. The van der Waals surface area contributed by atoms with E-state index in [0.717, 1.165) is 5.56 Å². The first kappa shape index (κ1) is 14.8. The summed E-state index contributed by atoms with van der Waals surface area (Å²) >= 11 is 0. The van der Waals surface area contributed by atoms with Gasteiger partial charge in [-0.25, -0.2) is 0 Å². The van der Waals surface area contributed by atoms with Gasteiger partial charge in [0.2, 0.25) is 6.79 Å². The van der Waals surface area contributed by atoms with Crippen LogP contribution >= 0.6 is 0 Å². The second kappa shape index (κ2) is 5.96. The van der Waals surface area contributed by atoms with Gasteiger partial charge in [-0.1, -0.05) is 12.1 Å². The molecule has 1 aliphatic heterocycles. The minimum Gasteiger partial charge on any atom is -0.454 e. The van der Waals surface area contributed by atoms with Gasteiger partial charge in [0.15, 0.2) is 11.5 Å². The summed E-state index contributed by atoms with van der Waals surface area (Å²) < 4.78 is 10.6. The fraction of sp³-hybridized carbons (Fsp3) is 0.188. The number of nitro benzene ring substituents is 1. The Labute approximate surface area is 132 Å². The molecule has 118 valence electrons. The molecule has 2 aromatic carbocycles. The highest BCUT2D eigenvalue weighted by Gasteiger charge is 2.17. The topological polar surface area (TPSA) is 81.9 Å². The third kappa shape index (κ3) is 3.08. The molecule has 0 aliphatic carbocycles. The predicted octanol–water partition coefficient (Wildman–Crippen LogP) is 2.60. The van der Waals surface area contributed by atoms with Crippen molar-refractivity contribution in [2.45, 2.75) is 6.54 Å². The summed E-state index contributed by atoms with van der Waals surface area (Å²) in [5, 5.41) is 10.8. The summed E-state index contributed by atoms with van der Waals surface area (Å²) in [6.07, 6.45) is 0. The second-order valence-electron chi connectivity index (χ2n) is 5.16. The molecule has 0 atom stereocenters. The molecule has 1 aliphatic rings. The van der Waals surface area contributed by atoms with E-state index in [0.29, 0.717) is 18.0 Å². The van der Waals surface area contributed by atoms with Crippen molar-refractivity contribution in [3.8, 4) is 11.5 Å². The zero-order valence-corrected chi connectivity index (χ0v) is 12.4. The van der Waals surface area contributed by atoms with E-state index in [-0.39, 0.29) is 24.0 Å². The largest absolute Gasteiger partial charge is 0.454 e. The predicted molar refractivity (Wildman–Crippen MR) is 81.5 cm³/mol. The third-order valence-electron chi connectivity index (χ3n) is 3.51. The van der Waals surface area contributed by atoms with Gasteiger partial charge in [-0.05, 0) is 23.8 Å². The van der Waals surface area contributed by atoms with Gasteiger partial charge < -0.3 is 14.4 Å². The molecule has 0 saturated carbocycles. The minimum absolute atomic E-state index is 0.104. The third-order valence-corrected chi connectivity index (χ3v) is 3.51. The van der Waals surface area contributed by atoms with Crippen LogP contribution in [0.15, 0.2) is 42.5 Å². The lowest BCUT2D eigenvalue weighted by molar-refractivity contribution is -0.384. The van der Waals surface area contributed by atoms with Crippen molar-refractivity contribution < 1.29 is 19.2 Å². The van der Waals surface area contributed by atoms with Gasteiger partial charge in [-0.2, -0.15) is 0 Å². The minimum atomic E-state index is -0.519. The molecule has 23 heavy (non-hydrogen) atoms. The van der Waals surface area contributed by atoms with Crippen LogP contribution in [0.4, 0.5) is 5.69 Å². The SMILES string of the molecule is CN(Cc1ccc2c(c1)OCO2)C(=O)c1cccc([N+](=O)[O-])c1. The van der Waals surface area contributed by atoms with Gasteiger partial charge in [0, 0.05) is 31.3 Å². The van der Waals surface area contributed by atoms with Gasteiger partial charge in [0.1, 0.15) is 0 Å². The smallest absolute Gasteiger partial charge is 0.270 e. The van der Waals surface area contributed by atoms with E-state index in [2.05, 4.69) is 0 Å². The summed E-state index contributed by atoms with van der Waals surface area (Å²) in [6.45, 7) is 0.555. The number of nitrogens with zero attached hydrogens (tertiary/aromatic N) is 2. The number of rotatable bonds is 4. The van der Waals surface area contributed by atoms with Crippen molar-refractivity contribution in [3.05, 3.63) is 63.7 Å². The number of hydrogen-bond acceptors (Lipinski definition) is 5. The van der Waals surface area contributed by atoms with Crippen molar-refractivity contribution in [2.75, 3.05) is 13.8 Å². The molecule has 0 spiro atoms. The molecule has 7 nitrogen and oxygen atoms in total. The monoisotopic (exact) mass is 314 g/mol. The quantitative estimate of drug-likeness (QED) is 0.640. The van der Waals surface area contributed by atoms with E-state index >= 15 is 0 Å². The molecule has 0 unspecified atom stereocenters. The first-order chi connectivity index (χ1) is 11.0. The Balaban J connectivity index is 1.75. The van der Waals surface area contributed by atoms with E-state index in [4.69, 9.17) is 9.47 Å². The number of hydrogen-bond donors (Lipinski definition) is 0. The van der Waals surface area contributed by atoms with Gasteiger partial charge >= 0.3 is 0 Å². The molecule has 0 fully saturated rings. The highest BCUT2D eigenvalue weighted by molar-refractivity contribution is 5.94. The van der Waals surface area contributed by atoms with E-state index in [1.165, 1.54) is 23.1 Å². The molecule has 1 heterocycles. The maximum atomic E-state index is 12.4. The van der Waals surface area contributed by atoms with Gasteiger partial charge in [-0.3, -0.25) is 14.9 Å². The number of ether oxygens (including phenoxy) is 2. The number of nitro groups is 1. The number of carbonyl (C=O) groups excluding carboxylic acids is 1. The summed E-state index contributed by atoms with van der Waals surface area (Å²) in [6, 6.07) is 11.2. The first-order valence-corrected chi connectivity index (χ1v) is 6.93. The lowest BCUT2D eigenvalue weighted by atomic mass is 10.1. The van der Waals surface area contributed by atoms with Crippen molar-refractivity contribution in [1.29, 1.82) is 0 Å². The van der Waals surface area contributed by atoms with E-state index in [1.807, 2.05) is 12.1 Å². The molecule has 1 amide bonds. The van der Waals surface area contributed by atoms with Crippen LogP contribution in [0.25, 0.3) is 0 Å². The van der Waals surface area contributed by atoms with Gasteiger partial charge in [0.25, 0.3) is 11.6 Å². The number of amides is 1. The number of non-ortho nitro benzene ring substituents is 1. The Hall–Kier alpha value is -3.09. The fourth-order valence-corrected chi connectivity index (χ4v) is 2.36. The molecule has 0 saturated heterocycles. The van der Waals surface area contributed by atoms with Crippen LogP contribution in [-0.4, -0.2) is 29.6 Å². The normalized spacial score (nSPS) is 12.0. The summed E-state index contributed by atoms with van der Waals surface area (Å²) in [5.41, 5.74) is 1.06. The summed E-state index contributed by atoms with van der Waals surface area (Å²) in [4.78, 5) is 24.2. The average Bonchev–Trinajstić information content (AvgIpc) is 3.01.